The fraction of sp³-hybridized carbons (Fsp3) is 0.500. The minimum Gasteiger partial charge on any atom is -0.312 e. The zero-order valence-corrected chi connectivity index (χ0v) is 12.4. The van der Waals surface area contributed by atoms with E-state index in [0.29, 0.717) is 5.56 Å². The van der Waals surface area contributed by atoms with E-state index in [1.165, 1.54) is 12.1 Å². The summed E-state index contributed by atoms with van der Waals surface area (Å²) in [6.45, 7) is 8.88. The Morgan fingerprint density at radius 1 is 1.20 bits per heavy atom. The molecular weight excluding hydrogens is 263 g/mol. The summed E-state index contributed by atoms with van der Waals surface area (Å²) in [4.78, 5) is 0. The zero-order chi connectivity index (χ0) is 15.4. The molecule has 0 fully saturated rings. The molecule has 4 heteroatoms. The Hall–Kier alpha value is -1.29. The molecule has 1 nitrogen and oxygen atoms in total. The fourth-order valence-electron chi connectivity index (χ4n) is 1.79. The van der Waals surface area contributed by atoms with Crippen molar-refractivity contribution in [2.45, 2.75) is 45.8 Å². The smallest absolute Gasteiger partial charge is 0.312 e. The lowest BCUT2D eigenvalue weighted by atomic mass is 10.0. The van der Waals surface area contributed by atoms with Gasteiger partial charge in [-0.3, -0.25) is 0 Å². The van der Waals surface area contributed by atoms with Crippen LogP contribution in [0.25, 0.3) is 5.57 Å². The molecule has 0 aliphatic rings. The van der Waals surface area contributed by atoms with Crippen molar-refractivity contribution in [1.82, 2.24) is 5.32 Å². The van der Waals surface area contributed by atoms with Gasteiger partial charge in [0.1, 0.15) is 0 Å². The predicted octanol–water partition coefficient (Wildman–Crippen LogP) is 4.89. The van der Waals surface area contributed by atoms with Crippen LogP contribution >= 0.6 is 0 Å². The van der Waals surface area contributed by atoms with Crippen LogP contribution in [-0.4, -0.2) is 12.1 Å². The highest BCUT2D eigenvalue weighted by Crippen LogP contribution is 2.30. The molecule has 0 heterocycles. The van der Waals surface area contributed by atoms with Crippen molar-refractivity contribution >= 4 is 5.57 Å². The molecular formula is C16H22F3N. The van der Waals surface area contributed by atoms with Gasteiger partial charge in [-0.2, -0.15) is 13.2 Å². The van der Waals surface area contributed by atoms with Crippen LogP contribution in [-0.2, 0) is 6.18 Å². The lowest BCUT2D eigenvalue weighted by molar-refractivity contribution is -0.137. The minimum atomic E-state index is -4.29. The summed E-state index contributed by atoms with van der Waals surface area (Å²) in [7, 11) is 0. The van der Waals surface area contributed by atoms with Gasteiger partial charge in [0.2, 0.25) is 0 Å². The molecule has 0 aliphatic carbocycles. The highest BCUT2D eigenvalue weighted by atomic mass is 19.4. The van der Waals surface area contributed by atoms with Crippen LogP contribution in [0, 0.1) is 0 Å². The standard InChI is InChI=1S/C16H22F3N/c1-12(7-6-10-20-15(2,3)4)13-8-5-9-14(11-13)16(17,18)19/h5,7-9,11,20H,6,10H2,1-4H3. The van der Waals surface area contributed by atoms with E-state index < -0.39 is 11.7 Å². The third kappa shape index (κ3) is 5.78. The second-order valence-electron chi connectivity index (χ2n) is 5.93. The monoisotopic (exact) mass is 285 g/mol. The Morgan fingerprint density at radius 2 is 1.85 bits per heavy atom. The van der Waals surface area contributed by atoms with Crippen LogP contribution in [0.1, 0.15) is 45.2 Å². The molecule has 20 heavy (non-hydrogen) atoms. The van der Waals surface area contributed by atoms with E-state index in [1.54, 1.807) is 6.07 Å². The molecule has 0 unspecified atom stereocenters. The lowest BCUT2D eigenvalue weighted by Gasteiger charge is -2.19. The number of hydrogen-bond donors (Lipinski definition) is 1. The molecule has 112 valence electrons. The van der Waals surface area contributed by atoms with E-state index in [4.69, 9.17) is 0 Å². The maximum Gasteiger partial charge on any atom is 0.416 e. The number of benzene rings is 1. The molecule has 1 N–H and O–H groups in total. The molecule has 0 radical (unpaired) electrons. The van der Waals surface area contributed by atoms with Crippen molar-refractivity contribution in [1.29, 1.82) is 0 Å². The first-order valence-corrected chi connectivity index (χ1v) is 6.69. The Labute approximate surface area is 118 Å². The van der Waals surface area contributed by atoms with E-state index in [0.717, 1.165) is 24.6 Å². The largest absolute Gasteiger partial charge is 0.416 e. The number of alkyl halides is 3. The van der Waals surface area contributed by atoms with Crippen LogP contribution < -0.4 is 5.32 Å². The normalized spacial score (nSPS) is 13.7. The molecule has 1 aromatic carbocycles. The van der Waals surface area contributed by atoms with Crippen LogP contribution in [0.4, 0.5) is 13.2 Å². The fourth-order valence-corrected chi connectivity index (χ4v) is 1.79. The van der Waals surface area contributed by atoms with E-state index in [9.17, 15) is 13.2 Å². The molecule has 0 atom stereocenters. The molecule has 0 aromatic heterocycles. The summed E-state index contributed by atoms with van der Waals surface area (Å²) in [6, 6.07) is 5.45. The molecule has 1 rings (SSSR count). The molecule has 0 amide bonds. The van der Waals surface area contributed by atoms with Crippen molar-refractivity contribution in [3.63, 3.8) is 0 Å². The number of nitrogens with one attached hydrogen (secondary N) is 1. The van der Waals surface area contributed by atoms with Gasteiger partial charge < -0.3 is 5.32 Å². The van der Waals surface area contributed by atoms with Crippen molar-refractivity contribution in [3.8, 4) is 0 Å². The van der Waals surface area contributed by atoms with E-state index in [2.05, 4.69) is 26.1 Å². The van der Waals surface area contributed by atoms with Crippen molar-refractivity contribution < 1.29 is 13.2 Å². The summed E-state index contributed by atoms with van der Waals surface area (Å²) in [6.07, 6.45) is -1.53. The SMILES string of the molecule is CC(=CCCNC(C)(C)C)c1cccc(C(F)(F)F)c1. The van der Waals surface area contributed by atoms with Gasteiger partial charge in [0.05, 0.1) is 5.56 Å². The van der Waals surface area contributed by atoms with E-state index in [-0.39, 0.29) is 5.54 Å². The van der Waals surface area contributed by atoms with Gasteiger partial charge in [0.15, 0.2) is 0 Å². The van der Waals surface area contributed by atoms with Crippen molar-refractivity contribution in [2.75, 3.05) is 6.54 Å². The van der Waals surface area contributed by atoms with Gasteiger partial charge in [0.25, 0.3) is 0 Å². The maximum atomic E-state index is 12.6. The highest BCUT2D eigenvalue weighted by Gasteiger charge is 2.30. The van der Waals surface area contributed by atoms with Crippen LogP contribution in [0.2, 0.25) is 0 Å². The highest BCUT2D eigenvalue weighted by molar-refractivity contribution is 5.64. The van der Waals surface area contributed by atoms with Crippen molar-refractivity contribution in [2.24, 2.45) is 0 Å². The van der Waals surface area contributed by atoms with Crippen LogP contribution in [0.5, 0.6) is 0 Å². The number of rotatable bonds is 4. The second kappa shape index (κ2) is 6.44. The molecule has 0 aliphatic heterocycles. The third-order valence-electron chi connectivity index (χ3n) is 2.90. The van der Waals surface area contributed by atoms with Crippen molar-refractivity contribution in [3.05, 3.63) is 41.5 Å². The summed E-state index contributed by atoms with van der Waals surface area (Å²) in [5, 5.41) is 3.34. The maximum absolute atomic E-state index is 12.6. The average Bonchev–Trinajstić information content (AvgIpc) is 2.32. The van der Waals surface area contributed by atoms with Crippen LogP contribution in [0.15, 0.2) is 30.3 Å². The number of halogens is 3. The topological polar surface area (TPSA) is 12.0 Å². The molecule has 0 saturated carbocycles. The third-order valence-corrected chi connectivity index (χ3v) is 2.90. The summed E-state index contributed by atoms with van der Waals surface area (Å²) < 4.78 is 37.9. The van der Waals surface area contributed by atoms with Gasteiger partial charge >= 0.3 is 6.18 Å². The number of hydrogen-bond acceptors (Lipinski definition) is 1. The van der Waals surface area contributed by atoms with E-state index in [1.807, 2.05) is 13.0 Å². The van der Waals surface area contributed by atoms with E-state index >= 15 is 0 Å². The zero-order valence-electron chi connectivity index (χ0n) is 12.4. The van der Waals surface area contributed by atoms with Crippen LogP contribution in [0.3, 0.4) is 0 Å². The number of allylic oxidation sites excluding steroid dienone is 1. The average molecular weight is 285 g/mol. The first-order valence-electron chi connectivity index (χ1n) is 6.69. The summed E-state index contributed by atoms with van der Waals surface area (Å²) in [5.41, 5.74) is 0.941. The Bertz CT molecular complexity index is 467. The first kappa shape index (κ1) is 16.8. The summed E-state index contributed by atoms with van der Waals surface area (Å²) >= 11 is 0. The minimum absolute atomic E-state index is 0.0535. The Morgan fingerprint density at radius 3 is 2.40 bits per heavy atom. The lowest BCUT2D eigenvalue weighted by Crippen LogP contribution is -2.36. The first-order chi connectivity index (χ1) is 9.09. The second-order valence-corrected chi connectivity index (χ2v) is 5.93. The van der Waals surface area contributed by atoms with Gasteiger partial charge in [-0.25, -0.2) is 0 Å². The Kier molecular flexibility index (Phi) is 5.40. The van der Waals surface area contributed by atoms with Gasteiger partial charge in [0, 0.05) is 5.54 Å². The van der Waals surface area contributed by atoms with Gasteiger partial charge in [-0.05, 0) is 63.9 Å². The quantitative estimate of drug-likeness (QED) is 0.777. The molecule has 1 aromatic rings. The predicted molar refractivity (Wildman–Crippen MR) is 77.5 cm³/mol. The molecule has 0 bridgehead atoms. The van der Waals surface area contributed by atoms with Gasteiger partial charge in [-0.15, -0.1) is 0 Å². The van der Waals surface area contributed by atoms with Gasteiger partial charge in [-0.1, -0.05) is 18.2 Å². The summed E-state index contributed by atoms with van der Waals surface area (Å²) in [5.74, 6) is 0. The molecule has 0 spiro atoms. The Balaban J connectivity index is 2.70. The molecule has 0 saturated heterocycles.